The van der Waals surface area contributed by atoms with Crippen LogP contribution >= 0.6 is 11.6 Å². The molecule has 0 saturated heterocycles. The van der Waals surface area contributed by atoms with Crippen molar-refractivity contribution >= 4 is 34.6 Å². The number of nitrogens with zero attached hydrogens (tertiary/aromatic N) is 3. The second-order valence-corrected chi connectivity index (χ2v) is 9.08. The van der Waals surface area contributed by atoms with Crippen LogP contribution in [0.4, 0.5) is 11.5 Å². The maximum absolute atomic E-state index is 13.1. The number of halogens is 1. The van der Waals surface area contributed by atoms with Gasteiger partial charge in [-0.2, -0.15) is 0 Å². The molecule has 0 bridgehead atoms. The van der Waals surface area contributed by atoms with Crippen molar-refractivity contribution < 1.29 is 4.79 Å². The minimum Gasteiger partial charge on any atom is -0.364 e. The lowest BCUT2D eigenvalue weighted by Crippen LogP contribution is -2.15. The van der Waals surface area contributed by atoms with Crippen LogP contribution in [0.25, 0.3) is 5.57 Å². The van der Waals surface area contributed by atoms with Crippen LogP contribution in [0, 0.1) is 6.92 Å². The number of carbonyl (C=O) groups excluding carboxylic acids is 1. The van der Waals surface area contributed by atoms with E-state index in [1.54, 1.807) is 6.33 Å². The number of benzene rings is 1. The van der Waals surface area contributed by atoms with Crippen molar-refractivity contribution in [1.82, 2.24) is 15.0 Å². The molecule has 0 aliphatic rings. The van der Waals surface area contributed by atoms with Crippen molar-refractivity contribution in [3.05, 3.63) is 81.5 Å². The van der Waals surface area contributed by atoms with E-state index in [0.29, 0.717) is 34.6 Å². The molecule has 1 aromatic carbocycles. The first-order valence-corrected chi connectivity index (χ1v) is 11.9. The van der Waals surface area contributed by atoms with Gasteiger partial charge in [-0.05, 0) is 62.4 Å². The number of nitrogens with one attached hydrogen (secondary N) is 2. The molecule has 6 nitrogen and oxygen atoms in total. The fourth-order valence-electron chi connectivity index (χ4n) is 3.53. The summed E-state index contributed by atoms with van der Waals surface area (Å²) in [5, 5.41) is 6.65. The van der Waals surface area contributed by atoms with Crippen LogP contribution in [0.2, 0.25) is 5.02 Å². The van der Waals surface area contributed by atoms with Crippen LogP contribution in [0.5, 0.6) is 0 Å². The van der Waals surface area contributed by atoms with Crippen molar-refractivity contribution in [2.24, 2.45) is 0 Å². The average Bonchev–Trinajstić information content (AvgIpc) is 2.82. The lowest BCUT2D eigenvalue weighted by atomic mass is 9.99. The smallest absolute Gasteiger partial charge is 0.258 e. The van der Waals surface area contributed by atoms with E-state index >= 15 is 0 Å². The summed E-state index contributed by atoms with van der Waals surface area (Å²) < 4.78 is 0. The van der Waals surface area contributed by atoms with E-state index in [1.165, 1.54) is 17.3 Å². The number of allylic oxidation sites excluding steroid dienone is 2. The highest BCUT2D eigenvalue weighted by molar-refractivity contribution is 6.36. The topological polar surface area (TPSA) is 79.8 Å². The summed E-state index contributed by atoms with van der Waals surface area (Å²) in [7, 11) is 0. The van der Waals surface area contributed by atoms with Crippen LogP contribution in [0.1, 0.15) is 79.8 Å². The van der Waals surface area contributed by atoms with E-state index in [-0.39, 0.29) is 5.91 Å². The first-order valence-electron chi connectivity index (χ1n) is 11.5. The highest BCUT2D eigenvalue weighted by Crippen LogP contribution is 2.35. The fourth-order valence-corrected chi connectivity index (χ4v) is 3.90. The first-order chi connectivity index (χ1) is 16.2. The molecule has 2 aromatic heterocycles. The molecule has 2 heterocycles. The van der Waals surface area contributed by atoms with Crippen molar-refractivity contribution in [3.63, 3.8) is 0 Å². The molecular weight excluding hydrogens is 446 g/mol. The summed E-state index contributed by atoms with van der Waals surface area (Å²) in [6, 6.07) is 9.76. The summed E-state index contributed by atoms with van der Waals surface area (Å²) in [4.78, 5) is 26.1. The van der Waals surface area contributed by atoms with Gasteiger partial charge in [0.25, 0.3) is 5.91 Å². The summed E-state index contributed by atoms with van der Waals surface area (Å²) in [5.74, 6) is 0.745. The molecule has 34 heavy (non-hydrogen) atoms. The van der Waals surface area contributed by atoms with Gasteiger partial charge in [-0.1, -0.05) is 50.1 Å². The number of pyridine rings is 1. The van der Waals surface area contributed by atoms with Gasteiger partial charge in [0.15, 0.2) is 0 Å². The number of aromatic nitrogens is 3. The van der Waals surface area contributed by atoms with Gasteiger partial charge >= 0.3 is 0 Å². The van der Waals surface area contributed by atoms with Gasteiger partial charge < -0.3 is 10.6 Å². The van der Waals surface area contributed by atoms with E-state index in [0.717, 1.165) is 28.9 Å². The first kappa shape index (κ1) is 25.4. The Labute approximate surface area is 206 Å². The van der Waals surface area contributed by atoms with E-state index in [2.05, 4.69) is 53.3 Å². The molecular formula is C27H32ClN5O. The molecule has 3 rings (SSSR count). The summed E-state index contributed by atoms with van der Waals surface area (Å²) >= 11 is 6.84. The van der Waals surface area contributed by atoms with Gasteiger partial charge in [-0.15, -0.1) is 0 Å². The van der Waals surface area contributed by atoms with Crippen LogP contribution in [-0.4, -0.2) is 20.9 Å². The molecule has 0 saturated carbocycles. The molecule has 0 aliphatic heterocycles. The zero-order valence-corrected chi connectivity index (χ0v) is 21.4. The maximum Gasteiger partial charge on any atom is 0.258 e. The van der Waals surface area contributed by atoms with Gasteiger partial charge in [0.1, 0.15) is 12.1 Å². The third-order valence-corrected chi connectivity index (χ3v) is 6.33. The van der Waals surface area contributed by atoms with E-state index in [9.17, 15) is 4.79 Å². The molecule has 0 unspecified atom stereocenters. The van der Waals surface area contributed by atoms with E-state index < -0.39 is 0 Å². The van der Waals surface area contributed by atoms with Gasteiger partial charge in [-0.25, -0.2) is 15.0 Å². The lowest BCUT2D eigenvalue weighted by Gasteiger charge is -2.17. The number of aryl methyl sites for hydroxylation is 1. The molecule has 0 fully saturated rings. The Bertz CT molecular complexity index is 1200. The Hall–Kier alpha value is -3.25. The number of rotatable bonds is 8. The van der Waals surface area contributed by atoms with Crippen molar-refractivity contribution in [2.45, 2.75) is 60.4 Å². The van der Waals surface area contributed by atoms with Crippen LogP contribution in [0.3, 0.4) is 0 Å². The molecule has 0 aliphatic carbocycles. The standard InChI is InChI=1S/C27H32ClN5O/c1-7-17(4)19(6)24-25(28)23(27(34)33-21-10-8-20(9-11-21)16(2)3)14-30-26(24)29-13-22-12-18(5)31-15-32-22/h8-12,14-16H,7,13H2,1-6H3,(H,29,30)(H,33,34). The summed E-state index contributed by atoms with van der Waals surface area (Å²) in [6.45, 7) is 12.8. The van der Waals surface area contributed by atoms with Crippen LogP contribution in [0.15, 0.2) is 48.4 Å². The Morgan fingerprint density at radius 3 is 2.41 bits per heavy atom. The highest BCUT2D eigenvalue weighted by atomic mass is 35.5. The molecule has 0 radical (unpaired) electrons. The molecule has 178 valence electrons. The maximum atomic E-state index is 13.1. The SMILES string of the molecule is CCC(C)=C(C)c1c(NCc2cc(C)ncn2)ncc(C(=O)Nc2ccc(C(C)C)cc2)c1Cl. The highest BCUT2D eigenvalue weighted by Gasteiger charge is 2.20. The molecule has 7 heteroatoms. The van der Waals surface area contributed by atoms with Crippen molar-refractivity contribution in [3.8, 4) is 0 Å². The Morgan fingerprint density at radius 2 is 1.79 bits per heavy atom. The predicted octanol–water partition coefficient (Wildman–Crippen LogP) is 7.02. The van der Waals surface area contributed by atoms with Crippen molar-refractivity contribution in [1.29, 1.82) is 0 Å². The minimum atomic E-state index is -0.295. The fraction of sp³-hybridized carbons (Fsp3) is 0.333. The molecule has 2 N–H and O–H groups in total. The third-order valence-electron chi connectivity index (χ3n) is 5.94. The second-order valence-electron chi connectivity index (χ2n) is 8.70. The largest absolute Gasteiger partial charge is 0.364 e. The molecule has 1 amide bonds. The predicted molar refractivity (Wildman–Crippen MR) is 140 cm³/mol. The zero-order chi connectivity index (χ0) is 24.8. The number of anilines is 2. The quantitative estimate of drug-likeness (QED) is 0.364. The molecule has 0 atom stereocenters. The Kier molecular flexibility index (Phi) is 8.40. The summed E-state index contributed by atoms with van der Waals surface area (Å²) in [5.41, 5.74) is 6.89. The zero-order valence-electron chi connectivity index (χ0n) is 20.7. The van der Waals surface area contributed by atoms with Gasteiger partial charge in [0, 0.05) is 23.1 Å². The van der Waals surface area contributed by atoms with Gasteiger partial charge in [0.05, 0.1) is 22.8 Å². The van der Waals surface area contributed by atoms with Crippen molar-refractivity contribution in [2.75, 3.05) is 10.6 Å². The number of amides is 1. The Morgan fingerprint density at radius 1 is 1.09 bits per heavy atom. The minimum absolute atomic E-state index is 0.295. The van der Waals surface area contributed by atoms with Crippen LogP contribution in [-0.2, 0) is 6.54 Å². The third kappa shape index (κ3) is 6.00. The van der Waals surface area contributed by atoms with Crippen LogP contribution < -0.4 is 10.6 Å². The lowest BCUT2D eigenvalue weighted by molar-refractivity contribution is 0.102. The van der Waals surface area contributed by atoms with E-state index in [1.807, 2.05) is 44.2 Å². The van der Waals surface area contributed by atoms with Gasteiger partial charge in [-0.3, -0.25) is 4.79 Å². The van der Waals surface area contributed by atoms with E-state index in [4.69, 9.17) is 11.6 Å². The summed E-state index contributed by atoms with van der Waals surface area (Å²) in [6.07, 6.45) is 3.93. The second kappa shape index (κ2) is 11.3. The Balaban J connectivity index is 1.93. The molecule has 0 spiro atoms. The van der Waals surface area contributed by atoms with Gasteiger partial charge in [0.2, 0.25) is 0 Å². The number of hydrogen-bond acceptors (Lipinski definition) is 5. The number of hydrogen-bond donors (Lipinski definition) is 2. The number of carbonyl (C=O) groups is 1. The normalized spacial score (nSPS) is 11.9. The average molecular weight is 478 g/mol. The molecule has 3 aromatic rings. The monoisotopic (exact) mass is 477 g/mol.